The predicted molar refractivity (Wildman–Crippen MR) is 68.5 cm³/mol. The molecule has 92 valence electrons. The minimum absolute atomic E-state index is 0.122. The van der Waals surface area contributed by atoms with E-state index in [1.165, 1.54) is 30.0 Å². The van der Waals surface area contributed by atoms with Crippen LogP contribution in [0.15, 0.2) is 23.2 Å². The molecule has 0 radical (unpaired) electrons. The van der Waals surface area contributed by atoms with E-state index in [1.54, 1.807) is 0 Å². The molecule has 1 atom stereocenters. The van der Waals surface area contributed by atoms with Gasteiger partial charge in [-0.25, -0.2) is 8.78 Å². The van der Waals surface area contributed by atoms with Crippen molar-refractivity contribution >= 4 is 22.6 Å². The van der Waals surface area contributed by atoms with E-state index in [9.17, 15) is 8.78 Å². The maximum Gasteiger partial charge on any atom is 0.161 e. The van der Waals surface area contributed by atoms with Crippen molar-refractivity contribution in [3.05, 3.63) is 29.8 Å². The van der Waals surface area contributed by atoms with Crippen LogP contribution in [0.1, 0.15) is 13.8 Å². The minimum atomic E-state index is -0.596. The van der Waals surface area contributed by atoms with Crippen LogP contribution in [-0.4, -0.2) is 17.0 Å². The highest BCUT2D eigenvalue weighted by Crippen LogP contribution is 2.26. The van der Waals surface area contributed by atoms with E-state index in [2.05, 4.69) is 24.2 Å². The third-order valence-electron chi connectivity index (χ3n) is 2.64. The highest BCUT2D eigenvalue weighted by Gasteiger charge is 2.22. The fourth-order valence-electron chi connectivity index (χ4n) is 1.52. The number of benzene rings is 1. The summed E-state index contributed by atoms with van der Waals surface area (Å²) in [6.45, 7) is 4.17. The predicted octanol–water partition coefficient (Wildman–Crippen LogP) is 3.50. The van der Waals surface area contributed by atoms with Crippen LogP contribution in [0.2, 0.25) is 0 Å². The number of amidine groups is 1. The molecule has 0 bridgehead atoms. The quantitative estimate of drug-likeness (QED) is 0.875. The molecule has 1 unspecified atom stereocenters. The topological polar surface area (TPSA) is 24.4 Å². The Kier molecular flexibility index (Phi) is 3.66. The summed E-state index contributed by atoms with van der Waals surface area (Å²) in [5, 5.41) is 3.32. The first-order valence-electron chi connectivity index (χ1n) is 5.49. The number of nitrogens with zero attached hydrogens (tertiary/aromatic N) is 1. The summed E-state index contributed by atoms with van der Waals surface area (Å²) < 4.78 is 26.8. The van der Waals surface area contributed by atoms with Gasteiger partial charge in [0.25, 0.3) is 0 Å². The van der Waals surface area contributed by atoms with Crippen LogP contribution >= 0.6 is 11.8 Å². The van der Waals surface area contributed by atoms with Crippen molar-refractivity contribution in [3.63, 3.8) is 0 Å². The monoisotopic (exact) mass is 256 g/mol. The van der Waals surface area contributed by atoms with E-state index >= 15 is 0 Å². The van der Waals surface area contributed by atoms with Gasteiger partial charge in [0.15, 0.2) is 5.17 Å². The molecule has 1 aliphatic rings. The summed E-state index contributed by atoms with van der Waals surface area (Å²) in [5.41, 5.74) is -0.122. The molecule has 2 nitrogen and oxygen atoms in total. The maximum atomic E-state index is 13.4. The molecule has 1 aromatic carbocycles. The summed E-state index contributed by atoms with van der Waals surface area (Å²) in [6.07, 6.45) is 0. The molecule has 0 saturated heterocycles. The molecule has 5 heteroatoms. The van der Waals surface area contributed by atoms with Gasteiger partial charge in [-0.1, -0.05) is 31.7 Å². The molecule has 1 N–H and O–H groups in total. The van der Waals surface area contributed by atoms with Gasteiger partial charge < -0.3 is 5.32 Å². The number of para-hydroxylation sites is 1. The van der Waals surface area contributed by atoms with Crippen molar-refractivity contribution in [1.29, 1.82) is 0 Å². The average Bonchev–Trinajstić information content (AvgIpc) is 2.72. The molecule has 0 amide bonds. The normalized spacial score (nSPS) is 19.6. The van der Waals surface area contributed by atoms with Gasteiger partial charge in [-0.15, -0.1) is 0 Å². The van der Waals surface area contributed by atoms with Gasteiger partial charge in [-0.2, -0.15) is 0 Å². The van der Waals surface area contributed by atoms with Crippen molar-refractivity contribution in [2.24, 2.45) is 10.9 Å². The Balaban J connectivity index is 2.15. The molecule has 0 aromatic heterocycles. The van der Waals surface area contributed by atoms with Crippen molar-refractivity contribution in [3.8, 4) is 0 Å². The molecular formula is C12H14F2N2S. The SMILES string of the molecule is CC(C)C1CSC(Nc2c(F)cccc2F)=N1. The lowest BCUT2D eigenvalue weighted by atomic mass is 10.1. The molecule has 1 heterocycles. The van der Waals surface area contributed by atoms with E-state index < -0.39 is 11.6 Å². The van der Waals surface area contributed by atoms with Crippen molar-refractivity contribution in [2.45, 2.75) is 19.9 Å². The fourth-order valence-corrected chi connectivity index (χ4v) is 2.70. The number of anilines is 1. The molecule has 0 fully saturated rings. The molecule has 1 aromatic rings. The standard InChI is InChI=1S/C12H14F2N2S/c1-7(2)10-6-17-12(15-10)16-11-8(13)4-3-5-9(11)14/h3-5,7,10H,6H2,1-2H3,(H,15,16). The summed E-state index contributed by atoms with van der Waals surface area (Å²) in [6, 6.07) is 4.02. The highest BCUT2D eigenvalue weighted by atomic mass is 32.2. The van der Waals surface area contributed by atoms with E-state index in [4.69, 9.17) is 0 Å². The van der Waals surface area contributed by atoms with E-state index in [0.717, 1.165) is 5.75 Å². The Morgan fingerprint density at radius 3 is 2.53 bits per heavy atom. The molecule has 1 aliphatic heterocycles. The first kappa shape index (κ1) is 12.4. The number of hydrogen-bond donors (Lipinski definition) is 1. The Labute approximate surface area is 104 Å². The van der Waals surface area contributed by atoms with Crippen molar-refractivity contribution in [1.82, 2.24) is 0 Å². The number of halogens is 2. The number of aliphatic imine (C=N–C) groups is 1. The smallest absolute Gasteiger partial charge is 0.161 e. The van der Waals surface area contributed by atoms with Crippen LogP contribution in [-0.2, 0) is 0 Å². The Morgan fingerprint density at radius 1 is 1.35 bits per heavy atom. The minimum Gasteiger partial charge on any atom is -0.330 e. The molecule has 0 spiro atoms. The van der Waals surface area contributed by atoms with Crippen LogP contribution in [0.5, 0.6) is 0 Å². The summed E-state index contributed by atoms with van der Waals surface area (Å²) in [5.74, 6) is 0.102. The summed E-state index contributed by atoms with van der Waals surface area (Å²) in [4.78, 5) is 4.40. The Hall–Kier alpha value is -1.10. The second-order valence-electron chi connectivity index (χ2n) is 4.28. The number of nitrogens with one attached hydrogen (secondary N) is 1. The molecule has 0 saturated carbocycles. The third kappa shape index (κ3) is 2.77. The van der Waals surface area contributed by atoms with Crippen molar-refractivity contribution in [2.75, 3.05) is 11.1 Å². The Morgan fingerprint density at radius 2 is 2.00 bits per heavy atom. The maximum absolute atomic E-state index is 13.4. The molecule has 2 rings (SSSR count). The zero-order valence-corrected chi connectivity index (χ0v) is 10.5. The highest BCUT2D eigenvalue weighted by molar-refractivity contribution is 8.14. The largest absolute Gasteiger partial charge is 0.330 e. The zero-order chi connectivity index (χ0) is 12.4. The fraction of sp³-hybridized carbons (Fsp3) is 0.417. The second kappa shape index (κ2) is 5.04. The first-order valence-corrected chi connectivity index (χ1v) is 6.48. The number of rotatable bonds is 2. The first-order chi connectivity index (χ1) is 8.08. The van der Waals surface area contributed by atoms with Crippen LogP contribution in [0, 0.1) is 17.6 Å². The van der Waals surface area contributed by atoms with E-state index in [-0.39, 0.29) is 11.7 Å². The summed E-state index contributed by atoms with van der Waals surface area (Å²) >= 11 is 1.50. The van der Waals surface area contributed by atoms with Crippen molar-refractivity contribution < 1.29 is 8.78 Å². The van der Waals surface area contributed by atoms with Gasteiger partial charge >= 0.3 is 0 Å². The zero-order valence-electron chi connectivity index (χ0n) is 9.71. The van der Waals surface area contributed by atoms with Gasteiger partial charge in [0.1, 0.15) is 17.3 Å². The van der Waals surface area contributed by atoms with Gasteiger partial charge in [-0.05, 0) is 18.1 Å². The molecular weight excluding hydrogens is 242 g/mol. The lowest BCUT2D eigenvalue weighted by Crippen LogP contribution is -2.12. The lowest BCUT2D eigenvalue weighted by molar-refractivity contribution is 0.543. The number of hydrogen-bond acceptors (Lipinski definition) is 3. The average molecular weight is 256 g/mol. The second-order valence-corrected chi connectivity index (χ2v) is 5.29. The lowest BCUT2D eigenvalue weighted by Gasteiger charge is -2.08. The van der Waals surface area contributed by atoms with E-state index in [0.29, 0.717) is 11.1 Å². The number of thioether (sulfide) groups is 1. The van der Waals surface area contributed by atoms with Crippen LogP contribution in [0.25, 0.3) is 0 Å². The third-order valence-corrected chi connectivity index (χ3v) is 3.63. The van der Waals surface area contributed by atoms with Gasteiger partial charge in [0.05, 0.1) is 6.04 Å². The summed E-state index contributed by atoms with van der Waals surface area (Å²) in [7, 11) is 0. The van der Waals surface area contributed by atoms with Crippen LogP contribution in [0.4, 0.5) is 14.5 Å². The van der Waals surface area contributed by atoms with E-state index in [1.807, 2.05) is 0 Å². The van der Waals surface area contributed by atoms with Gasteiger partial charge in [0, 0.05) is 5.75 Å². The molecule has 17 heavy (non-hydrogen) atoms. The molecule has 0 aliphatic carbocycles. The van der Waals surface area contributed by atoms with Crippen LogP contribution in [0.3, 0.4) is 0 Å². The Bertz CT molecular complexity index is 426. The van der Waals surface area contributed by atoms with Gasteiger partial charge in [-0.3, -0.25) is 4.99 Å². The van der Waals surface area contributed by atoms with Crippen LogP contribution < -0.4 is 5.32 Å². The van der Waals surface area contributed by atoms with Gasteiger partial charge in [0.2, 0.25) is 0 Å².